The molecule has 0 aromatic carbocycles. The van der Waals surface area contributed by atoms with Gasteiger partial charge < -0.3 is 5.32 Å². The van der Waals surface area contributed by atoms with E-state index in [4.69, 9.17) is 0 Å². The van der Waals surface area contributed by atoms with Crippen LogP contribution in [-0.2, 0) is 0 Å². The summed E-state index contributed by atoms with van der Waals surface area (Å²) in [7, 11) is 0. The minimum Gasteiger partial charge on any atom is -0.311 e. The Kier molecular flexibility index (Phi) is 1.71. The van der Waals surface area contributed by atoms with Gasteiger partial charge in [-0.15, -0.1) is 0 Å². The van der Waals surface area contributed by atoms with E-state index in [0.717, 1.165) is 11.8 Å². The predicted molar refractivity (Wildman–Crippen MR) is 47.5 cm³/mol. The van der Waals surface area contributed by atoms with E-state index in [1.54, 1.807) is 0 Å². The van der Waals surface area contributed by atoms with Crippen molar-refractivity contribution in [3.8, 4) is 0 Å². The van der Waals surface area contributed by atoms with E-state index in [1.165, 1.54) is 32.2 Å². The van der Waals surface area contributed by atoms with Crippen LogP contribution >= 0.6 is 0 Å². The van der Waals surface area contributed by atoms with Crippen molar-refractivity contribution in [2.45, 2.75) is 45.1 Å². The monoisotopic (exact) mass is 153 g/mol. The molecule has 2 heterocycles. The van der Waals surface area contributed by atoms with E-state index in [1.807, 2.05) is 0 Å². The van der Waals surface area contributed by atoms with E-state index in [0.29, 0.717) is 5.54 Å². The lowest BCUT2D eigenvalue weighted by Gasteiger charge is -2.50. The summed E-state index contributed by atoms with van der Waals surface area (Å²) in [5, 5.41) is 3.73. The zero-order valence-electron chi connectivity index (χ0n) is 7.69. The molecule has 3 aliphatic rings. The molecular formula is C10H19N. The van der Waals surface area contributed by atoms with Gasteiger partial charge in [-0.25, -0.2) is 0 Å². The molecule has 1 aliphatic carbocycles. The Labute approximate surface area is 69.6 Å². The van der Waals surface area contributed by atoms with Gasteiger partial charge in [0.05, 0.1) is 0 Å². The Bertz CT molecular complexity index is 129. The maximum Gasteiger partial charge on any atom is 0.0204 e. The van der Waals surface area contributed by atoms with Crippen molar-refractivity contribution in [3.63, 3.8) is 0 Å². The van der Waals surface area contributed by atoms with Crippen LogP contribution in [0.15, 0.2) is 0 Å². The van der Waals surface area contributed by atoms with Crippen LogP contribution in [0.3, 0.4) is 0 Å². The van der Waals surface area contributed by atoms with Crippen LogP contribution in [0.2, 0.25) is 0 Å². The molecule has 2 aliphatic heterocycles. The van der Waals surface area contributed by atoms with Crippen molar-refractivity contribution in [2.75, 3.05) is 6.54 Å². The first-order chi connectivity index (χ1) is 5.23. The zero-order valence-corrected chi connectivity index (χ0v) is 7.69. The molecule has 2 bridgehead atoms. The van der Waals surface area contributed by atoms with Gasteiger partial charge in [0.25, 0.3) is 0 Å². The molecule has 1 nitrogen and oxygen atoms in total. The van der Waals surface area contributed by atoms with Gasteiger partial charge in [-0.1, -0.05) is 13.8 Å². The maximum absolute atomic E-state index is 3.73. The molecule has 0 aromatic rings. The summed E-state index contributed by atoms with van der Waals surface area (Å²) in [4.78, 5) is 0. The first kappa shape index (κ1) is 7.60. The summed E-state index contributed by atoms with van der Waals surface area (Å²) in [6.07, 6.45) is 5.81. The molecule has 0 aromatic heterocycles. The third-order valence-electron chi connectivity index (χ3n) is 3.85. The van der Waals surface area contributed by atoms with Gasteiger partial charge in [-0.05, 0) is 44.1 Å². The first-order valence-electron chi connectivity index (χ1n) is 4.98. The number of piperidine rings is 2. The van der Waals surface area contributed by atoms with E-state index >= 15 is 0 Å². The molecule has 0 amide bonds. The summed E-state index contributed by atoms with van der Waals surface area (Å²) in [6, 6.07) is 0. The average molecular weight is 153 g/mol. The van der Waals surface area contributed by atoms with E-state index < -0.39 is 0 Å². The van der Waals surface area contributed by atoms with Crippen molar-refractivity contribution in [2.24, 2.45) is 11.8 Å². The molecule has 64 valence electrons. The summed E-state index contributed by atoms with van der Waals surface area (Å²) >= 11 is 0. The topological polar surface area (TPSA) is 12.0 Å². The fraction of sp³-hybridized carbons (Fsp3) is 1.00. The Balaban J connectivity index is 2.12. The van der Waals surface area contributed by atoms with Gasteiger partial charge in [0.15, 0.2) is 0 Å². The van der Waals surface area contributed by atoms with Crippen LogP contribution in [0.5, 0.6) is 0 Å². The number of hydrogen-bond acceptors (Lipinski definition) is 1. The Morgan fingerprint density at radius 1 is 1.27 bits per heavy atom. The van der Waals surface area contributed by atoms with Gasteiger partial charge >= 0.3 is 0 Å². The van der Waals surface area contributed by atoms with Crippen LogP contribution in [0.25, 0.3) is 0 Å². The van der Waals surface area contributed by atoms with Crippen molar-refractivity contribution >= 4 is 0 Å². The van der Waals surface area contributed by atoms with Crippen molar-refractivity contribution in [1.82, 2.24) is 5.32 Å². The lowest BCUT2D eigenvalue weighted by atomic mass is 9.67. The molecule has 0 spiro atoms. The van der Waals surface area contributed by atoms with Gasteiger partial charge in [0.1, 0.15) is 0 Å². The molecule has 0 radical (unpaired) electrons. The smallest absolute Gasteiger partial charge is 0.0204 e. The highest BCUT2D eigenvalue weighted by atomic mass is 15.0. The van der Waals surface area contributed by atoms with Crippen LogP contribution in [0.1, 0.15) is 39.5 Å². The lowest BCUT2D eigenvalue weighted by molar-refractivity contribution is 0.0773. The van der Waals surface area contributed by atoms with Gasteiger partial charge in [-0.2, -0.15) is 0 Å². The Morgan fingerprint density at radius 2 is 1.91 bits per heavy atom. The summed E-state index contributed by atoms with van der Waals surface area (Å²) in [5.41, 5.74) is 0.536. The molecule has 3 rings (SSSR count). The van der Waals surface area contributed by atoms with Crippen LogP contribution in [-0.4, -0.2) is 12.1 Å². The van der Waals surface area contributed by atoms with E-state index in [2.05, 4.69) is 19.2 Å². The van der Waals surface area contributed by atoms with Crippen molar-refractivity contribution < 1.29 is 0 Å². The van der Waals surface area contributed by atoms with Crippen molar-refractivity contribution in [1.29, 1.82) is 0 Å². The molecule has 0 atom stereocenters. The zero-order chi connectivity index (χ0) is 7.90. The van der Waals surface area contributed by atoms with Crippen LogP contribution in [0.4, 0.5) is 0 Å². The third-order valence-corrected chi connectivity index (χ3v) is 3.85. The normalized spacial score (nSPS) is 43.4. The SMILES string of the molecule is CC(C)C12CCC(CC1)CN2. The second kappa shape index (κ2) is 2.48. The number of rotatable bonds is 1. The van der Waals surface area contributed by atoms with Crippen LogP contribution < -0.4 is 5.32 Å². The number of hydrogen-bond donors (Lipinski definition) is 1. The molecule has 0 unspecified atom stereocenters. The highest BCUT2D eigenvalue weighted by Crippen LogP contribution is 2.40. The fourth-order valence-corrected chi connectivity index (χ4v) is 2.70. The largest absolute Gasteiger partial charge is 0.311 e. The summed E-state index contributed by atoms with van der Waals surface area (Å²) < 4.78 is 0. The van der Waals surface area contributed by atoms with Gasteiger partial charge in [0.2, 0.25) is 0 Å². The van der Waals surface area contributed by atoms with E-state index in [9.17, 15) is 0 Å². The predicted octanol–water partition coefficient (Wildman–Crippen LogP) is 2.17. The Morgan fingerprint density at radius 3 is 2.18 bits per heavy atom. The third kappa shape index (κ3) is 1.10. The van der Waals surface area contributed by atoms with Crippen molar-refractivity contribution in [3.05, 3.63) is 0 Å². The average Bonchev–Trinajstić information content (AvgIpc) is 2.08. The summed E-state index contributed by atoms with van der Waals surface area (Å²) in [5.74, 6) is 1.83. The second-order valence-electron chi connectivity index (χ2n) is 4.64. The molecule has 11 heavy (non-hydrogen) atoms. The van der Waals surface area contributed by atoms with Gasteiger partial charge in [0, 0.05) is 5.54 Å². The minimum atomic E-state index is 0.536. The molecule has 1 heteroatoms. The van der Waals surface area contributed by atoms with Crippen LogP contribution in [0, 0.1) is 11.8 Å². The first-order valence-corrected chi connectivity index (χ1v) is 4.98. The second-order valence-corrected chi connectivity index (χ2v) is 4.64. The molecule has 2 saturated heterocycles. The van der Waals surface area contributed by atoms with E-state index in [-0.39, 0.29) is 0 Å². The lowest BCUT2D eigenvalue weighted by Crippen LogP contribution is -2.58. The molecule has 3 fully saturated rings. The molecule has 1 N–H and O–H groups in total. The maximum atomic E-state index is 3.73. The fourth-order valence-electron chi connectivity index (χ4n) is 2.70. The molecular weight excluding hydrogens is 134 g/mol. The quantitative estimate of drug-likeness (QED) is 0.609. The highest BCUT2D eigenvalue weighted by Gasteiger charge is 2.41. The summed E-state index contributed by atoms with van der Waals surface area (Å²) in [6.45, 7) is 6.01. The Hall–Kier alpha value is -0.0400. The minimum absolute atomic E-state index is 0.536. The standard InChI is InChI=1S/C10H19N/c1-8(2)10-5-3-9(4-6-10)7-11-10/h8-9,11H,3-7H2,1-2H3. The number of nitrogens with one attached hydrogen (secondary N) is 1. The number of fused-ring (bicyclic) bond motifs is 3. The molecule has 1 saturated carbocycles. The van der Waals surface area contributed by atoms with Gasteiger partial charge in [-0.3, -0.25) is 0 Å². The highest BCUT2D eigenvalue weighted by molar-refractivity contribution is 5.00.